The van der Waals surface area contributed by atoms with Crippen LogP contribution in [0.3, 0.4) is 0 Å². The van der Waals surface area contributed by atoms with E-state index in [4.69, 9.17) is 15.2 Å². The van der Waals surface area contributed by atoms with Gasteiger partial charge in [0.25, 0.3) is 0 Å². The van der Waals surface area contributed by atoms with Gasteiger partial charge in [-0.05, 0) is 37.5 Å². The normalized spacial score (nSPS) is 12.2. The zero-order valence-corrected chi connectivity index (χ0v) is 11.0. The molecular weight excluding hydrogens is 214 g/mol. The Morgan fingerprint density at radius 1 is 1.06 bits per heavy atom. The Labute approximate surface area is 104 Å². The smallest absolute Gasteiger partial charge is 0.161 e. The van der Waals surface area contributed by atoms with Gasteiger partial charge in [-0.25, -0.2) is 0 Å². The van der Waals surface area contributed by atoms with Crippen LogP contribution in [-0.4, -0.2) is 13.2 Å². The maximum atomic E-state index is 5.87. The number of hydrogen-bond donors (Lipinski definition) is 1. The fourth-order valence-electron chi connectivity index (χ4n) is 1.46. The average Bonchev–Trinajstić information content (AvgIpc) is 2.34. The Hall–Kier alpha value is -1.22. The van der Waals surface area contributed by atoms with Gasteiger partial charge in [0, 0.05) is 6.04 Å². The van der Waals surface area contributed by atoms with Gasteiger partial charge in [-0.2, -0.15) is 0 Å². The molecule has 0 spiro atoms. The molecule has 0 aliphatic heterocycles. The predicted octanol–water partition coefficient (Wildman–Crippen LogP) is 3.28. The summed E-state index contributed by atoms with van der Waals surface area (Å²) < 4.78 is 11.3. The summed E-state index contributed by atoms with van der Waals surface area (Å²) in [4.78, 5) is 0. The van der Waals surface area contributed by atoms with E-state index in [1.165, 1.54) is 0 Å². The van der Waals surface area contributed by atoms with E-state index < -0.39 is 0 Å². The quantitative estimate of drug-likeness (QED) is 0.791. The second-order valence-corrected chi connectivity index (χ2v) is 4.19. The van der Waals surface area contributed by atoms with Crippen LogP contribution in [-0.2, 0) is 0 Å². The fourth-order valence-corrected chi connectivity index (χ4v) is 1.46. The van der Waals surface area contributed by atoms with Gasteiger partial charge in [0.05, 0.1) is 13.2 Å². The highest BCUT2D eigenvalue weighted by Crippen LogP contribution is 2.30. The molecule has 1 atom stereocenters. The fraction of sp³-hybridized carbons (Fsp3) is 0.571. The van der Waals surface area contributed by atoms with Crippen LogP contribution in [0.4, 0.5) is 0 Å². The molecule has 0 bridgehead atoms. The van der Waals surface area contributed by atoms with Crippen molar-refractivity contribution in [2.24, 2.45) is 5.73 Å². The molecule has 0 fully saturated rings. The zero-order chi connectivity index (χ0) is 12.7. The molecule has 0 aromatic heterocycles. The van der Waals surface area contributed by atoms with Crippen molar-refractivity contribution in [3.63, 3.8) is 0 Å². The van der Waals surface area contributed by atoms with Crippen LogP contribution in [0.2, 0.25) is 0 Å². The van der Waals surface area contributed by atoms with Gasteiger partial charge in [-0.3, -0.25) is 0 Å². The Bertz CT molecular complexity index is 337. The first-order valence-corrected chi connectivity index (χ1v) is 6.34. The second kappa shape index (κ2) is 7.17. The van der Waals surface area contributed by atoms with E-state index in [1.807, 2.05) is 25.1 Å². The molecule has 0 aliphatic carbocycles. The molecular formula is C14H23NO2. The largest absolute Gasteiger partial charge is 0.490 e. The lowest BCUT2D eigenvalue weighted by Gasteiger charge is -2.14. The lowest BCUT2D eigenvalue weighted by atomic mass is 10.1. The minimum Gasteiger partial charge on any atom is -0.490 e. The molecule has 0 heterocycles. The van der Waals surface area contributed by atoms with Gasteiger partial charge < -0.3 is 15.2 Å². The topological polar surface area (TPSA) is 44.5 Å². The first kappa shape index (κ1) is 13.8. The number of nitrogens with two attached hydrogens (primary N) is 1. The maximum Gasteiger partial charge on any atom is 0.161 e. The number of ether oxygens (including phenoxy) is 2. The third-order valence-corrected chi connectivity index (χ3v) is 2.42. The Balaban J connectivity index is 2.86. The van der Waals surface area contributed by atoms with Crippen molar-refractivity contribution in [1.82, 2.24) is 0 Å². The van der Waals surface area contributed by atoms with Gasteiger partial charge >= 0.3 is 0 Å². The highest BCUT2D eigenvalue weighted by Gasteiger charge is 2.08. The first-order valence-electron chi connectivity index (χ1n) is 6.34. The molecule has 0 aliphatic rings. The molecule has 1 rings (SSSR count). The summed E-state index contributed by atoms with van der Waals surface area (Å²) in [6.45, 7) is 7.54. The Morgan fingerprint density at radius 2 is 1.65 bits per heavy atom. The van der Waals surface area contributed by atoms with Crippen molar-refractivity contribution < 1.29 is 9.47 Å². The van der Waals surface area contributed by atoms with E-state index in [9.17, 15) is 0 Å². The van der Waals surface area contributed by atoms with Crippen molar-refractivity contribution in [3.05, 3.63) is 23.8 Å². The SMILES string of the molecule is CCCOc1ccc([C@H](C)N)cc1OCCC. The number of rotatable bonds is 7. The molecule has 0 amide bonds. The minimum atomic E-state index is 0.0131. The van der Waals surface area contributed by atoms with Gasteiger partial charge in [0.1, 0.15) is 0 Å². The van der Waals surface area contributed by atoms with E-state index in [1.54, 1.807) is 0 Å². The van der Waals surface area contributed by atoms with E-state index in [0.717, 1.165) is 29.9 Å². The molecule has 0 saturated carbocycles. The lowest BCUT2D eigenvalue weighted by Crippen LogP contribution is -2.07. The second-order valence-electron chi connectivity index (χ2n) is 4.19. The van der Waals surface area contributed by atoms with Crippen LogP contribution in [0.1, 0.15) is 45.2 Å². The Morgan fingerprint density at radius 3 is 2.18 bits per heavy atom. The standard InChI is InChI=1S/C14H23NO2/c1-4-8-16-13-7-6-12(11(3)15)10-14(13)17-9-5-2/h6-7,10-11H,4-5,8-9,15H2,1-3H3/t11-/m0/s1. The van der Waals surface area contributed by atoms with E-state index >= 15 is 0 Å². The highest BCUT2D eigenvalue weighted by atomic mass is 16.5. The monoisotopic (exact) mass is 237 g/mol. The summed E-state index contributed by atoms with van der Waals surface area (Å²) in [6, 6.07) is 5.93. The molecule has 17 heavy (non-hydrogen) atoms. The van der Waals surface area contributed by atoms with Crippen LogP contribution in [0.5, 0.6) is 11.5 Å². The van der Waals surface area contributed by atoms with Crippen molar-refractivity contribution in [1.29, 1.82) is 0 Å². The third-order valence-electron chi connectivity index (χ3n) is 2.42. The molecule has 0 saturated heterocycles. The van der Waals surface area contributed by atoms with Crippen LogP contribution < -0.4 is 15.2 Å². The Kier molecular flexibility index (Phi) is 5.84. The van der Waals surface area contributed by atoms with Crippen LogP contribution in [0.25, 0.3) is 0 Å². The molecule has 0 radical (unpaired) electrons. The molecule has 0 unspecified atom stereocenters. The van der Waals surface area contributed by atoms with Crippen molar-refractivity contribution in [3.8, 4) is 11.5 Å². The van der Waals surface area contributed by atoms with Gasteiger partial charge in [0.2, 0.25) is 0 Å². The van der Waals surface area contributed by atoms with Crippen molar-refractivity contribution in [2.75, 3.05) is 13.2 Å². The van der Waals surface area contributed by atoms with Crippen LogP contribution in [0, 0.1) is 0 Å². The summed E-state index contributed by atoms with van der Waals surface area (Å²) in [6.07, 6.45) is 1.97. The maximum absolute atomic E-state index is 5.87. The molecule has 3 heteroatoms. The van der Waals surface area contributed by atoms with Gasteiger partial charge in [-0.1, -0.05) is 19.9 Å². The zero-order valence-electron chi connectivity index (χ0n) is 11.0. The van der Waals surface area contributed by atoms with E-state index in [-0.39, 0.29) is 6.04 Å². The minimum absolute atomic E-state index is 0.0131. The average molecular weight is 237 g/mol. The van der Waals surface area contributed by atoms with Crippen molar-refractivity contribution in [2.45, 2.75) is 39.7 Å². The molecule has 3 nitrogen and oxygen atoms in total. The van der Waals surface area contributed by atoms with Crippen molar-refractivity contribution >= 4 is 0 Å². The molecule has 1 aromatic carbocycles. The third kappa shape index (κ3) is 4.27. The highest BCUT2D eigenvalue weighted by molar-refractivity contribution is 5.43. The van der Waals surface area contributed by atoms with E-state index in [2.05, 4.69) is 13.8 Å². The number of hydrogen-bond acceptors (Lipinski definition) is 3. The predicted molar refractivity (Wildman–Crippen MR) is 70.6 cm³/mol. The summed E-state index contributed by atoms with van der Waals surface area (Å²) in [7, 11) is 0. The molecule has 96 valence electrons. The van der Waals surface area contributed by atoms with Crippen LogP contribution >= 0.6 is 0 Å². The summed E-state index contributed by atoms with van der Waals surface area (Å²) in [5.41, 5.74) is 6.93. The summed E-state index contributed by atoms with van der Waals surface area (Å²) in [5, 5.41) is 0. The first-order chi connectivity index (χ1) is 8.19. The molecule has 2 N–H and O–H groups in total. The lowest BCUT2D eigenvalue weighted by molar-refractivity contribution is 0.268. The summed E-state index contributed by atoms with van der Waals surface area (Å²) in [5.74, 6) is 1.61. The van der Waals surface area contributed by atoms with Crippen LogP contribution in [0.15, 0.2) is 18.2 Å². The van der Waals surface area contributed by atoms with E-state index in [0.29, 0.717) is 13.2 Å². The molecule has 1 aromatic rings. The number of benzene rings is 1. The van der Waals surface area contributed by atoms with Gasteiger partial charge in [-0.15, -0.1) is 0 Å². The summed E-state index contributed by atoms with van der Waals surface area (Å²) >= 11 is 0. The van der Waals surface area contributed by atoms with Gasteiger partial charge in [0.15, 0.2) is 11.5 Å².